The van der Waals surface area contributed by atoms with Crippen LogP contribution < -0.4 is 10.5 Å². The molecule has 0 saturated heterocycles. The minimum Gasteiger partial charge on any atom is -0.324 e. The van der Waals surface area contributed by atoms with Gasteiger partial charge in [-0.3, -0.25) is 0 Å². The minimum absolute atomic E-state index is 0.0329. The first-order valence-electron chi connectivity index (χ1n) is 8.69. The van der Waals surface area contributed by atoms with Gasteiger partial charge in [0.2, 0.25) is 16.0 Å². The molecule has 0 amide bonds. The van der Waals surface area contributed by atoms with Gasteiger partial charge in [-0.15, -0.1) is 11.3 Å². The molecule has 0 unspecified atom stereocenters. The van der Waals surface area contributed by atoms with Crippen LogP contribution in [0.25, 0.3) is 11.4 Å². The van der Waals surface area contributed by atoms with Crippen LogP contribution in [0.1, 0.15) is 15.4 Å². The first kappa shape index (κ1) is 18.9. The number of sulfonamides is 1. The summed E-state index contributed by atoms with van der Waals surface area (Å²) in [6.45, 7) is 0.795. The maximum absolute atomic E-state index is 11.6. The van der Waals surface area contributed by atoms with Crippen LogP contribution in [0, 0.1) is 0 Å². The normalized spacial score (nSPS) is 13.3. The molecule has 10 heteroatoms. The van der Waals surface area contributed by atoms with Crippen molar-refractivity contribution in [1.82, 2.24) is 19.9 Å². The van der Waals surface area contributed by atoms with E-state index in [1.54, 1.807) is 23.5 Å². The van der Waals surface area contributed by atoms with Crippen LogP contribution in [0.5, 0.6) is 0 Å². The molecular weight excluding hydrogens is 396 g/mol. The van der Waals surface area contributed by atoms with E-state index < -0.39 is 10.0 Å². The molecular formula is C18H20N6O2S2. The number of rotatable bonds is 5. The van der Waals surface area contributed by atoms with Crippen molar-refractivity contribution in [2.24, 2.45) is 5.14 Å². The molecule has 146 valence electrons. The minimum atomic E-state index is -3.77. The van der Waals surface area contributed by atoms with Gasteiger partial charge < -0.3 is 10.2 Å². The number of fused-ring (bicyclic) bond motifs is 3. The summed E-state index contributed by atoms with van der Waals surface area (Å²) < 4.78 is 23.1. The van der Waals surface area contributed by atoms with Crippen LogP contribution in [0.4, 0.5) is 11.6 Å². The predicted molar refractivity (Wildman–Crippen MR) is 109 cm³/mol. The number of benzene rings is 1. The Labute approximate surface area is 167 Å². The number of nitrogens with one attached hydrogen (secondary N) is 1. The number of aromatic nitrogens is 3. The van der Waals surface area contributed by atoms with Crippen molar-refractivity contribution < 1.29 is 8.42 Å². The van der Waals surface area contributed by atoms with Crippen LogP contribution in [-0.2, 0) is 29.4 Å². The number of hydrogen-bond acceptors (Lipinski definition) is 8. The Kier molecular flexibility index (Phi) is 4.88. The third-order valence-electron chi connectivity index (χ3n) is 4.32. The van der Waals surface area contributed by atoms with Crippen LogP contribution in [0.2, 0.25) is 0 Å². The second kappa shape index (κ2) is 7.21. The third kappa shape index (κ3) is 3.90. The molecule has 1 aliphatic carbocycles. The summed E-state index contributed by atoms with van der Waals surface area (Å²) in [5, 5.41) is 9.33. The van der Waals surface area contributed by atoms with Gasteiger partial charge in [-0.2, -0.15) is 0 Å². The van der Waals surface area contributed by atoms with Gasteiger partial charge in [0.05, 0.1) is 10.6 Å². The van der Waals surface area contributed by atoms with Gasteiger partial charge in [0.1, 0.15) is 10.7 Å². The Morgan fingerprint density at radius 2 is 2.04 bits per heavy atom. The van der Waals surface area contributed by atoms with Crippen LogP contribution in [0.3, 0.4) is 0 Å². The summed E-state index contributed by atoms with van der Waals surface area (Å²) in [6, 6.07) is 6.26. The monoisotopic (exact) mass is 416 g/mol. The molecule has 0 saturated carbocycles. The smallest absolute Gasteiger partial charge is 0.238 e. The zero-order chi connectivity index (χ0) is 19.9. The van der Waals surface area contributed by atoms with Gasteiger partial charge in [0, 0.05) is 23.3 Å². The molecule has 0 spiro atoms. The number of thiazole rings is 1. The quantitative estimate of drug-likeness (QED) is 0.655. The molecule has 0 atom stereocenters. The first-order valence-corrected chi connectivity index (χ1v) is 11.1. The number of aryl methyl sites for hydroxylation is 2. The first-order chi connectivity index (χ1) is 13.3. The van der Waals surface area contributed by atoms with E-state index in [1.807, 2.05) is 20.3 Å². The summed E-state index contributed by atoms with van der Waals surface area (Å²) in [5.41, 5.74) is 3.38. The summed E-state index contributed by atoms with van der Waals surface area (Å²) in [5.74, 6) is 0.389. The number of primary sulfonamides is 1. The largest absolute Gasteiger partial charge is 0.324 e. The highest BCUT2D eigenvalue weighted by atomic mass is 32.2. The fraction of sp³-hybridized carbons (Fsp3) is 0.278. The molecule has 1 aromatic carbocycles. The Balaban J connectivity index is 1.66. The molecule has 3 aromatic rings. The maximum atomic E-state index is 11.6. The number of anilines is 2. The van der Waals surface area contributed by atoms with Crippen LogP contribution in [0.15, 0.2) is 35.4 Å². The average molecular weight is 417 g/mol. The fourth-order valence-corrected chi connectivity index (χ4v) is 4.82. The fourth-order valence-electron chi connectivity index (χ4n) is 3.08. The Morgan fingerprint density at radius 3 is 2.79 bits per heavy atom. The van der Waals surface area contributed by atoms with E-state index in [1.165, 1.54) is 17.0 Å². The van der Waals surface area contributed by atoms with E-state index in [2.05, 4.69) is 20.2 Å². The third-order valence-corrected chi connectivity index (χ3v) is 6.33. The lowest BCUT2D eigenvalue weighted by Crippen LogP contribution is -2.12. The maximum Gasteiger partial charge on any atom is 0.238 e. The van der Waals surface area contributed by atoms with Crippen molar-refractivity contribution in [3.63, 3.8) is 0 Å². The number of hydrogen-bond donors (Lipinski definition) is 2. The van der Waals surface area contributed by atoms with Gasteiger partial charge in [-0.05, 0) is 50.7 Å². The van der Waals surface area contributed by atoms with Crippen LogP contribution >= 0.6 is 11.3 Å². The van der Waals surface area contributed by atoms with Crippen molar-refractivity contribution in [2.75, 3.05) is 19.4 Å². The lowest BCUT2D eigenvalue weighted by atomic mass is 10.00. The van der Waals surface area contributed by atoms with Gasteiger partial charge in [0.25, 0.3) is 0 Å². The van der Waals surface area contributed by atoms with Crippen molar-refractivity contribution >= 4 is 33.0 Å². The van der Waals surface area contributed by atoms with E-state index in [9.17, 15) is 8.42 Å². The zero-order valence-electron chi connectivity index (χ0n) is 15.5. The highest BCUT2D eigenvalue weighted by Crippen LogP contribution is 2.35. The topological polar surface area (TPSA) is 114 Å². The van der Waals surface area contributed by atoms with Crippen molar-refractivity contribution in [3.05, 3.63) is 45.9 Å². The summed E-state index contributed by atoms with van der Waals surface area (Å²) in [6.07, 6.45) is 3.63. The lowest BCUT2D eigenvalue weighted by molar-refractivity contribution is 0.402. The molecule has 4 rings (SSSR count). The Bertz CT molecular complexity index is 1140. The lowest BCUT2D eigenvalue weighted by Gasteiger charge is -2.15. The second-order valence-electron chi connectivity index (χ2n) is 6.88. The highest BCUT2D eigenvalue weighted by Gasteiger charge is 2.23. The summed E-state index contributed by atoms with van der Waals surface area (Å²) in [7, 11) is 0.271. The van der Waals surface area contributed by atoms with Gasteiger partial charge >= 0.3 is 0 Å². The molecule has 8 nitrogen and oxygen atoms in total. The molecule has 0 aliphatic heterocycles. The highest BCUT2D eigenvalue weighted by molar-refractivity contribution is 7.89. The van der Waals surface area contributed by atoms with E-state index in [0.717, 1.165) is 41.3 Å². The van der Waals surface area contributed by atoms with Crippen LogP contribution in [-0.4, -0.2) is 42.4 Å². The molecule has 1 aliphatic rings. The van der Waals surface area contributed by atoms with E-state index >= 15 is 0 Å². The molecule has 2 aromatic heterocycles. The molecule has 0 fully saturated rings. The Hall–Kier alpha value is -2.40. The molecule has 0 bridgehead atoms. The van der Waals surface area contributed by atoms with E-state index in [4.69, 9.17) is 10.1 Å². The molecule has 2 heterocycles. The summed E-state index contributed by atoms with van der Waals surface area (Å²) in [4.78, 5) is 17.2. The molecule has 28 heavy (non-hydrogen) atoms. The summed E-state index contributed by atoms with van der Waals surface area (Å²) >= 11 is 1.73. The average Bonchev–Trinajstić information content (AvgIpc) is 3.03. The molecule has 3 N–H and O–H groups in total. The number of nitrogens with zero attached hydrogens (tertiary/aromatic N) is 4. The Morgan fingerprint density at radius 1 is 1.21 bits per heavy atom. The van der Waals surface area contributed by atoms with Gasteiger partial charge in [0.15, 0.2) is 0 Å². The van der Waals surface area contributed by atoms with Gasteiger partial charge in [-0.1, -0.05) is 6.07 Å². The van der Waals surface area contributed by atoms with E-state index in [0.29, 0.717) is 11.6 Å². The zero-order valence-corrected chi connectivity index (χ0v) is 17.1. The second-order valence-corrected chi connectivity index (χ2v) is 9.61. The standard InChI is InChI=1S/C18H20N6O2S2/c1-24(2)10-15-22-17-14(27-15)7-6-11-9-20-18(23-16(11)17)21-12-4-3-5-13(8-12)28(19,25)26/h3-5,8-9H,6-7,10H2,1-2H3,(H2,19,25,26)(H,20,21,23). The van der Waals surface area contributed by atoms with Crippen molar-refractivity contribution in [1.29, 1.82) is 0 Å². The van der Waals surface area contributed by atoms with Crippen molar-refractivity contribution in [3.8, 4) is 11.4 Å². The molecule has 0 radical (unpaired) electrons. The predicted octanol–water partition coefficient (Wildman–Crippen LogP) is 2.15. The van der Waals surface area contributed by atoms with E-state index in [-0.39, 0.29) is 4.90 Å². The van der Waals surface area contributed by atoms with Crippen molar-refractivity contribution in [2.45, 2.75) is 24.3 Å². The number of nitrogens with two attached hydrogens (primary N) is 1. The SMILES string of the molecule is CN(C)Cc1nc2c(s1)CCc1cnc(Nc3cccc(S(N)(=O)=O)c3)nc1-2. The van der Waals surface area contributed by atoms with Gasteiger partial charge in [-0.25, -0.2) is 28.5 Å².